The van der Waals surface area contributed by atoms with Crippen LogP contribution < -0.4 is 0 Å². The molecule has 6 heteroatoms. The van der Waals surface area contributed by atoms with Gasteiger partial charge in [0.15, 0.2) is 6.10 Å². The molecule has 0 aromatic carbocycles. The van der Waals surface area contributed by atoms with Crippen LogP contribution in [0.4, 0.5) is 0 Å². The van der Waals surface area contributed by atoms with Crippen LogP contribution in [-0.2, 0) is 28.6 Å². The fraction of sp³-hybridized carbons (Fsp3) is 0.630. The van der Waals surface area contributed by atoms with E-state index in [0.29, 0.717) is 19.3 Å². The Kier molecular flexibility index (Phi) is 61.9. The summed E-state index contributed by atoms with van der Waals surface area (Å²) >= 11 is 0. The van der Waals surface area contributed by atoms with Gasteiger partial charge in [-0.15, -0.1) is 0 Å². The Bertz CT molecular complexity index is 1730. The van der Waals surface area contributed by atoms with Crippen molar-refractivity contribution in [3.8, 4) is 0 Å². The number of esters is 3. The van der Waals surface area contributed by atoms with Crippen LogP contribution in [0.15, 0.2) is 146 Å². The molecule has 0 saturated carbocycles. The van der Waals surface area contributed by atoms with Crippen molar-refractivity contribution < 1.29 is 28.6 Å². The van der Waals surface area contributed by atoms with E-state index in [2.05, 4.69) is 167 Å². The second kappa shape index (κ2) is 65.8. The summed E-state index contributed by atoms with van der Waals surface area (Å²) in [5.41, 5.74) is 0. The van der Waals surface area contributed by atoms with Gasteiger partial charge in [-0.1, -0.05) is 269 Å². The number of carbonyl (C=O) groups excluding carboxylic acids is 3. The first-order valence-corrected chi connectivity index (χ1v) is 32.3. The zero-order chi connectivity index (χ0) is 57.1. The molecule has 0 heterocycles. The highest BCUT2D eigenvalue weighted by atomic mass is 16.6. The Morgan fingerprint density at radius 3 is 0.823 bits per heavy atom. The minimum Gasteiger partial charge on any atom is -0.462 e. The molecule has 0 saturated heterocycles. The van der Waals surface area contributed by atoms with E-state index >= 15 is 0 Å². The Morgan fingerprint density at radius 2 is 0.506 bits per heavy atom. The van der Waals surface area contributed by atoms with Crippen molar-refractivity contribution in [2.45, 2.75) is 284 Å². The first-order valence-electron chi connectivity index (χ1n) is 32.3. The van der Waals surface area contributed by atoms with Gasteiger partial charge in [-0.25, -0.2) is 0 Å². The van der Waals surface area contributed by atoms with Crippen LogP contribution in [0.25, 0.3) is 0 Å². The van der Waals surface area contributed by atoms with Crippen LogP contribution in [0.2, 0.25) is 0 Å². The molecule has 0 spiro atoms. The van der Waals surface area contributed by atoms with Gasteiger partial charge in [0, 0.05) is 19.3 Å². The van der Waals surface area contributed by atoms with E-state index in [-0.39, 0.29) is 37.5 Å². The number of ether oxygens (including phenoxy) is 3. The molecule has 0 aromatic heterocycles. The average molecular weight is 1090 g/mol. The smallest absolute Gasteiger partial charge is 0.306 e. The minimum atomic E-state index is -0.818. The maximum Gasteiger partial charge on any atom is 0.306 e. The molecule has 0 aliphatic heterocycles. The summed E-state index contributed by atoms with van der Waals surface area (Å²) in [6, 6.07) is 0. The van der Waals surface area contributed by atoms with Gasteiger partial charge >= 0.3 is 17.9 Å². The first kappa shape index (κ1) is 74.3. The molecule has 446 valence electrons. The van der Waals surface area contributed by atoms with Crippen molar-refractivity contribution in [1.29, 1.82) is 0 Å². The number of hydrogen-bond donors (Lipinski definition) is 0. The normalized spacial score (nSPS) is 13.1. The highest BCUT2D eigenvalue weighted by Crippen LogP contribution is 2.15. The Balaban J connectivity index is 4.49. The third-order valence-corrected chi connectivity index (χ3v) is 13.3. The first-order chi connectivity index (χ1) is 39.0. The predicted octanol–water partition coefficient (Wildman–Crippen LogP) is 22.3. The third-order valence-electron chi connectivity index (χ3n) is 13.3. The summed E-state index contributed by atoms with van der Waals surface area (Å²) in [6.07, 6.45) is 94.2. The van der Waals surface area contributed by atoms with Crippen molar-refractivity contribution in [3.63, 3.8) is 0 Å². The van der Waals surface area contributed by atoms with Gasteiger partial charge in [0.05, 0.1) is 0 Å². The molecular weight excluding hydrogens is 973 g/mol. The molecule has 1 unspecified atom stereocenters. The maximum absolute atomic E-state index is 12.9. The summed E-state index contributed by atoms with van der Waals surface area (Å²) in [5.74, 6) is -0.985. The van der Waals surface area contributed by atoms with E-state index in [1.807, 2.05) is 0 Å². The monoisotopic (exact) mass is 1090 g/mol. The van der Waals surface area contributed by atoms with Gasteiger partial charge in [0.2, 0.25) is 0 Å². The van der Waals surface area contributed by atoms with Crippen LogP contribution in [-0.4, -0.2) is 37.2 Å². The van der Waals surface area contributed by atoms with Gasteiger partial charge < -0.3 is 14.2 Å². The summed E-state index contributed by atoms with van der Waals surface area (Å²) in [7, 11) is 0. The van der Waals surface area contributed by atoms with Crippen molar-refractivity contribution in [2.75, 3.05) is 13.2 Å². The van der Waals surface area contributed by atoms with Gasteiger partial charge in [-0.3, -0.25) is 14.4 Å². The van der Waals surface area contributed by atoms with Gasteiger partial charge in [0.1, 0.15) is 13.2 Å². The van der Waals surface area contributed by atoms with E-state index in [4.69, 9.17) is 14.2 Å². The topological polar surface area (TPSA) is 78.9 Å². The molecule has 0 rings (SSSR count). The van der Waals surface area contributed by atoms with Gasteiger partial charge in [-0.05, 0) is 135 Å². The number of unbranched alkanes of at least 4 members (excludes halogenated alkanes) is 22. The number of hydrogen-bond acceptors (Lipinski definition) is 6. The number of carbonyl (C=O) groups is 3. The van der Waals surface area contributed by atoms with Crippen LogP contribution in [0, 0.1) is 0 Å². The van der Waals surface area contributed by atoms with E-state index in [1.165, 1.54) is 103 Å². The van der Waals surface area contributed by atoms with Crippen LogP contribution in [0.1, 0.15) is 278 Å². The lowest BCUT2D eigenvalue weighted by molar-refractivity contribution is -0.167. The average Bonchev–Trinajstić information content (AvgIpc) is 3.45. The molecule has 0 fully saturated rings. The van der Waals surface area contributed by atoms with E-state index < -0.39 is 6.10 Å². The van der Waals surface area contributed by atoms with Crippen LogP contribution >= 0.6 is 0 Å². The summed E-state index contributed by atoms with van der Waals surface area (Å²) in [5, 5.41) is 0. The molecule has 0 amide bonds. The fourth-order valence-electron chi connectivity index (χ4n) is 8.54. The molecule has 0 aromatic rings. The van der Waals surface area contributed by atoms with E-state index in [1.54, 1.807) is 0 Å². The molecule has 1 atom stereocenters. The third kappa shape index (κ3) is 64.0. The second-order valence-electron chi connectivity index (χ2n) is 20.9. The molecule has 79 heavy (non-hydrogen) atoms. The molecular formula is C73H118O6. The van der Waals surface area contributed by atoms with E-state index in [9.17, 15) is 14.4 Å². The zero-order valence-corrected chi connectivity index (χ0v) is 51.1. The number of rotatable bonds is 57. The molecule has 0 bridgehead atoms. The fourth-order valence-corrected chi connectivity index (χ4v) is 8.54. The predicted molar refractivity (Wildman–Crippen MR) is 343 cm³/mol. The zero-order valence-electron chi connectivity index (χ0n) is 51.1. The largest absolute Gasteiger partial charge is 0.462 e. The van der Waals surface area contributed by atoms with Crippen molar-refractivity contribution in [2.24, 2.45) is 0 Å². The summed E-state index contributed by atoms with van der Waals surface area (Å²) in [4.78, 5) is 38.4. The van der Waals surface area contributed by atoms with Gasteiger partial charge in [0.25, 0.3) is 0 Å². The minimum absolute atomic E-state index is 0.108. The molecule has 0 aliphatic rings. The highest BCUT2D eigenvalue weighted by molar-refractivity contribution is 5.71. The Labute approximate surface area is 487 Å². The second-order valence-corrected chi connectivity index (χ2v) is 20.9. The van der Waals surface area contributed by atoms with Gasteiger partial charge in [-0.2, -0.15) is 0 Å². The van der Waals surface area contributed by atoms with Crippen molar-refractivity contribution >= 4 is 17.9 Å². The quantitative estimate of drug-likeness (QED) is 0.0261. The summed E-state index contributed by atoms with van der Waals surface area (Å²) in [6.45, 7) is 6.35. The number of allylic oxidation sites excluding steroid dienone is 24. The highest BCUT2D eigenvalue weighted by Gasteiger charge is 2.19. The standard InChI is InChI=1S/C73H118O6/c1-4-7-10-13-16-19-22-25-28-31-33-35-36-38-39-42-45-48-51-54-57-60-63-66-72(75)78-69-70(68-77-71(74)65-62-59-56-53-50-47-44-41-30-27-24-21-18-15-12-9-6-3)79-73(76)67-64-61-58-55-52-49-46-43-40-37-34-32-29-26-23-20-17-14-11-8-5-2/h7,9-10,12,16,18-19,21,23,25-28,30,32-35,40,43-44,47,53,56,70H,4-6,8,11,13-15,17,20,22,24,29,31,36-39,41-42,45-46,48-52,54-55,57-69H2,1-3H3/b10-7-,12-9-,19-16-,21-18-,26-23-,28-25-,30-27-,34-32-,35-33-,43-40-,47-44-,56-53-. The van der Waals surface area contributed by atoms with Crippen LogP contribution in [0.3, 0.4) is 0 Å². The lowest BCUT2D eigenvalue weighted by Gasteiger charge is -2.18. The SMILES string of the molecule is CC/C=C\C/C=C\C/C=C\C/C=C\C/C=C\CCCC(=O)OCC(COC(=O)CCCCCCCCCCCC/C=C\C/C=C\C/C=C\C/C=C\CC)OC(=O)CCCCCCCC/C=C\C/C=C\C/C=C\CCCCCCC. The summed E-state index contributed by atoms with van der Waals surface area (Å²) < 4.78 is 16.9. The Morgan fingerprint density at radius 1 is 0.266 bits per heavy atom. The lowest BCUT2D eigenvalue weighted by Crippen LogP contribution is -2.30. The molecule has 0 radical (unpaired) electrons. The Hall–Kier alpha value is -4.71. The van der Waals surface area contributed by atoms with Crippen molar-refractivity contribution in [1.82, 2.24) is 0 Å². The molecule has 0 N–H and O–H groups in total. The van der Waals surface area contributed by atoms with Crippen LogP contribution in [0.5, 0.6) is 0 Å². The maximum atomic E-state index is 12.9. The van der Waals surface area contributed by atoms with E-state index in [0.717, 1.165) is 128 Å². The van der Waals surface area contributed by atoms with Crippen molar-refractivity contribution in [3.05, 3.63) is 146 Å². The molecule has 6 nitrogen and oxygen atoms in total. The molecule has 0 aliphatic carbocycles. The lowest BCUT2D eigenvalue weighted by atomic mass is 10.1.